The molecule has 2 aromatic rings. The first-order chi connectivity index (χ1) is 18.7. The van der Waals surface area contributed by atoms with Crippen LogP contribution in [0.2, 0.25) is 0 Å². The minimum absolute atomic E-state index is 0.0503. The molecule has 0 radical (unpaired) electrons. The van der Waals surface area contributed by atoms with Gasteiger partial charge in [-0.15, -0.1) is 0 Å². The van der Waals surface area contributed by atoms with Crippen molar-refractivity contribution in [1.29, 1.82) is 0 Å². The molecule has 0 fully saturated rings. The van der Waals surface area contributed by atoms with Crippen LogP contribution >= 0.6 is 0 Å². The summed E-state index contributed by atoms with van der Waals surface area (Å²) in [4.78, 5) is 71.8. The van der Waals surface area contributed by atoms with Crippen molar-refractivity contribution in [3.63, 3.8) is 0 Å². The van der Waals surface area contributed by atoms with Gasteiger partial charge in [0.15, 0.2) is 0 Å². The minimum Gasteiger partial charge on any atom is -0.507 e. The Kier molecular flexibility index (Phi) is 10.9. The number of carboxylic acid groups (broad SMARTS) is 4. The summed E-state index contributed by atoms with van der Waals surface area (Å²) in [5, 5.41) is 60.7. The number of nitrogens with zero attached hydrogens (tertiary/aromatic N) is 2. The Labute approximate surface area is 225 Å². The lowest BCUT2D eigenvalue weighted by Crippen LogP contribution is -2.44. The molecule has 16 heteroatoms. The van der Waals surface area contributed by atoms with Gasteiger partial charge in [0.05, 0.1) is 26.2 Å². The van der Waals surface area contributed by atoms with Crippen molar-refractivity contribution in [2.45, 2.75) is 0 Å². The molecule has 16 nitrogen and oxygen atoms in total. The highest BCUT2D eigenvalue weighted by Crippen LogP contribution is 2.23. The first kappa shape index (κ1) is 31.0. The minimum atomic E-state index is -1.38. The molecule has 0 bridgehead atoms. The van der Waals surface area contributed by atoms with Gasteiger partial charge in [0.25, 0.3) is 0 Å². The number of benzene rings is 2. The summed E-state index contributed by atoms with van der Waals surface area (Å²) >= 11 is 0. The second-order valence-electron chi connectivity index (χ2n) is 8.38. The van der Waals surface area contributed by atoms with E-state index in [1.54, 1.807) is 0 Å². The molecule has 0 aromatic heterocycles. The number of hydrogen-bond donors (Lipinski definition) is 8. The molecule has 8 N–H and O–H groups in total. The maximum absolute atomic E-state index is 12.5. The fraction of sp³-hybridized carbons (Fsp3) is 0.250. The topological polar surface area (TPSA) is 254 Å². The third kappa shape index (κ3) is 9.92. The molecule has 214 valence electrons. The van der Waals surface area contributed by atoms with E-state index in [0.29, 0.717) is 0 Å². The van der Waals surface area contributed by atoms with Crippen LogP contribution in [0.1, 0.15) is 20.7 Å². The highest BCUT2D eigenvalue weighted by molar-refractivity contribution is 5.96. The summed E-state index contributed by atoms with van der Waals surface area (Å²) in [5.74, 6) is -7.95. The normalized spacial score (nSPS) is 10.8. The summed E-state index contributed by atoms with van der Waals surface area (Å²) in [6.07, 6.45) is 0. The van der Waals surface area contributed by atoms with Gasteiger partial charge in [-0.25, -0.2) is 9.59 Å². The number of phenols is 2. The number of aliphatic carboxylic acids is 2. The predicted molar refractivity (Wildman–Crippen MR) is 136 cm³/mol. The lowest BCUT2D eigenvalue weighted by Gasteiger charge is -2.25. The maximum Gasteiger partial charge on any atom is 0.339 e. The van der Waals surface area contributed by atoms with Crippen LogP contribution in [0.15, 0.2) is 36.4 Å². The standard InChI is InChI=1S/C24H26N4O12/c29-17-7-13(1-3-15(17)23(37)38)25-19(31)9-27(11-21(33)34)5-6-28(12-22(35)36)10-20(32)26-14-2-4-16(24(39)40)18(30)8-14/h1-4,7-8,29-30H,5-6,9-12H2,(H,25,31)(H,26,32)(H,33,34)(H,35,36)(H,37,38)(H,39,40). The number of hydrogen-bond acceptors (Lipinski definition) is 10. The van der Waals surface area contributed by atoms with Crippen LogP contribution in [0.3, 0.4) is 0 Å². The van der Waals surface area contributed by atoms with E-state index in [1.807, 2.05) is 0 Å². The number of rotatable bonds is 15. The molecule has 0 saturated carbocycles. The van der Waals surface area contributed by atoms with E-state index in [1.165, 1.54) is 21.9 Å². The number of amides is 2. The average Bonchev–Trinajstić information content (AvgIpc) is 2.81. The van der Waals surface area contributed by atoms with E-state index in [0.717, 1.165) is 24.3 Å². The van der Waals surface area contributed by atoms with E-state index in [4.69, 9.17) is 10.2 Å². The third-order valence-corrected chi connectivity index (χ3v) is 5.21. The van der Waals surface area contributed by atoms with E-state index in [2.05, 4.69) is 10.6 Å². The second kappa shape index (κ2) is 14.1. The van der Waals surface area contributed by atoms with Gasteiger partial charge in [0.1, 0.15) is 22.6 Å². The fourth-order valence-corrected chi connectivity index (χ4v) is 3.48. The molecular formula is C24H26N4O12. The molecule has 0 heterocycles. The third-order valence-electron chi connectivity index (χ3n) is 5.21. The largest absolute Gasteiger partial charge is 0.507 e. The highest BCUT2D eigenvalue weighted by Gasteiger charge is 2.20. The van der Waals surface area contributed by atoms with Crippen LogP contribution in [0.25, 0.3) is 0 Å². The fourth-order valence-electron chi connectivity index (χ4n) is 3.48. The van der Waals surface area contributed by atoms with E-state index in [-0.39, 0.29) is 35.6 Å². The van der Waals surface area contributed by atoms with Crippen LogP contribution < -0.4 is 10.6 Å². The van der Waals surface area contributed by atoms with Crippen LogP contribution in [-0.2, 0) is 19.2 Å². The summed E-state index contributed by atoms with van der Waals surface area (Å²) in [6.45, 7) is -2.49. The summed E-state index contributed by atoms with van der Waals surface area (Å²) < 4.78 is 0. The van der Waals surface area contributed by atoms with Crippen molar-refractivity contribution in [3.8, 4) is 11.5 Å². The Bertz CT molecular complexity index is 1210. The molecule has 2 rings (SSSR count). The average molecular weight is 562 g/mol. The quantitative estimate of drug-likeness (QED) is 0.140. The van der Waals surface area contributed by atoms with Crippen molar-refractivity contribution in [1.82, 2.24) is 9.80 Å². The van der Waals surface area contributed by atoms with Crippen molar-refractivity contribution < 1.29 is 59.4 Å². The molecule has 2 amide bonds. The molecule has 0 aliphatic heterocycles. The lowest BCUT2D eigenvalue weighted by molar-refractivity contribution is -0.140. The van der Waals surface area contributed by atoms with E-state index in [9.17, 15) is 49.2 Å². The molecular weight excluding hydrogens is 536 g/mol. The number of nitrogens with one attached hydrogen (secondary N) is 2. The number of aromatic hydroxyl groups is 2. The molecule has 0 unspecified atom stereocenters. The van der Waals surface area contributed by atoms with Gasteiger partial charge in [0.2, 0.25) is 11.8 Å². The van der Waals surface area contributed by atoms with Gasteiger partial charge in [-0.3, -0.25) is 29.0 Å². The first-order valence-corrected chi connectivity index (χ1v) is 11.4. The van der Waals surface area contributed by atoms with Crippen LogP contribution in [0.5, 0.6) is 11.5 Å². The van der Waals surface area contributed by atoms with Crippen LogP contribution in [0.4, 0.5) is 11.4 Å². The monoisotopic (exact) mass is 562 g/mol. The molecule has 0 aliphatic rings. The van der Waals surface area contributed by atoms with Gasteiger partial charge in [-0.05, 0) is 24.3 Å². The lowest BCUT2D eigenvalue weighted by atomic mass is 10.2. The van der Waals surface area contributed by atoms with Gasteiger partial charge < -0.3 is 41.3 Å². The second-order valence-corrected chi connectivity index (χ2v) is 8.38. The molecule has 2 aromatic carbocycles. The highest BCUT2D eigenvalue weighted by atomic mass is 16.4. The van der Waals surface area contributed by atoms with E-state index < -0.39 is 73.4 Å². The van der Waals surface area contributed by atoms with Gasteiger partial charge in [-0.1, -0.05) is 0 Å². The smallest absolute Gasteiger partial charge is 0.339 e. The predicted octanol–water partition coefficient (Wildman–Crippen LogP) is -0.155. The van der Waals surface area contributed by atoms with Crippen molar-refractivity contribution in [2.75, 3.05) is 49.9 Å². The Balaban J connectivity index is 2.03. The van der Waals surface area contributed by atoms with Crippen molar-refractivity contribution in [3.05, 3.63) is 47.5 Å². The van der Waals surface area contributed by atoms with Gasteiger partial charge in [-0.2, -0.15) is 0 Å². The Morgan fingerprint density at radius 2 is 0.925 bits per heavy atom. The number of carbonyl (C=O) groups excluding carboxylic acids is 2. The number of anilines is 2. The number of carboxylic acids is 4. The molecule has 0 spiro atoms. The van der Waals surface area contributed by atoms with Crippen molar-refractivity contribution in [2.24, 2.45) is 0 Å². The van der Waals surface area contributed by atoms with Gasteiger partial charge in [0, 0.05) is 36.6 Å². The molecule has 40 heavy (non-hydrogen) atoms. The maximum atomic E-state index is 12.5. The molecule has 0 aliphatic carbocycles. The Hall–Kier alpha value is -5.22. The van der Waals surface area contributed by atoms with Crippen molar-refractivity contribution >= 4 is 47.1 Å². The first-order valence-electron chi connectivity index (χ1n) is 11.4. The summed E-state index contributed by atoms with van der Waals surface area (Å²) in [5.41, 5.74) is -0.673. The SMILES string of the molecule is O=C(O)CN(CCN(CC(=O)O)CC(=O)Nc1ccc(C(=O)O)c(O)c1)CC(=O)Nc1ccc(C(=O)O)c(O)c1. The number of aromatic carboxylic acids is 2. The zero-order chi connectivity index (χ0) is 30.0. The van der Waals surface area contributed by atoms with Crippen LogP contribution in [-0.4, -0.2) is 115 Å². The van der Waals surface area contributed by atoms with E-state index >= 15 is 0 Å². The zero-order valence-electron chi connectivity index (χ0n) is 20.7. The molecule has 0 saturated heterocycles. The Morgan fingerprint density at radius 1 is 0.575 bits per heavy atom. The Morgan fingerprint density at radius 3 is 1.20 bits per heavy atom. The zero-order valence-corrected chi connectivity index (χ0v) is 20.7. The molecule has 0 atom stereocenters. The van der Waals surface area contributed by atoms with Gasteiger partial charge >= 0.3 is 23.9 Å². The van der Waals surface area contributed by atoms with Crippen LogP contribution in [0, 0.1) is 0 Å². The summed E-state index contributed by atoms with van der Waals surface area (Å²) in [6, 6.07) is 6.60. The summed E-state index contributed by atoms with van der Waals surface area (Å²) in [7, 11) is 0. The number of carbonyl (C=O) groups is 6.